The van der Waals surface area contributed by atoms with E-state index in [9.17, 15) is 10.1 Å². The maximum atomic E-state index is 10.5. The minimum absolute atomic E-state index is 0.0916. The normalized spacial score (nSPS) is 19.1. The number of rotatable bonds is 2. The first kappa shape index (κ1) is 11.8. The first-order valence-electron chi connectivity index (χ1n) is 5.83. The largest absolute Gasteiger partial charge is 0.368 e. The van der Waals surface area contributed by atoms with Crippen molar-refractivity contribution in [3.05, 3.63) is 28.4 Å². The standard InChI is InChI=1S/C12H17N3O2/c1-12(2)5-7-14(8-6-12)10-3-4-11(13-9-10)15(16)17/h3-4,9H,5-8H2,1-2H3. The van der Waals surface area contributed by atoms with Crippen LogP contribution in [0.3, 0.4) is 0 Å². The zero-order chi connectivity index (χ0) is 12.5. The van der Waals surface area contributed by atoms with Crippen LogP contribution in [0.25, 0.3) is 0 Å². The summed E-state index contributed by atoms with van der Waals surface area (Å²) < 4.78 is 0. The van der Waals surface area contributed by atoms with Gasteiger partial charge in [-0.05, 0) is 34.2 Å². The average Bonchev–Trinajstić information content (AvgIpc) is 2.29. The molecule has 0 atom stereocenters. The highest BCUT2D eigenvalue weighted by molar-refractivity contribution is 5.46. The number of anilines is 1. The summed E-state index contributed by atoms with van der Waals surface area (Å²) in [6, 6.07) is 3.25. The third kappa shape index (κ3) is 2.72. The average molecular weight is 235 g/mol. The van der Waals surface area contributed by atoms with Crippen molar-refractivity contribution in [2.75, 3.05) is 18.0 Å². The fraction of sp³-hybridized carbons (Fsp3) is 0.583. The highest BCUT2D eigenvalue weighted by Crippen LogP contribution is 2.32. The molecular formula is C12H17N3O2. The van der Waals surface area contributed by atoms with Crippen molar-refractivity contribution >= 4 is 11.5 Å². The van der Waals surface area contributed by atoms with Crippen molar-refractivity contribution in [2.24, 2.45) is 5.41 Å². The summed E-state index contributed by atoms with van der Waals surface area (Å²) in [6.07, 6.45) is 3.88. The Hall–Kier alpha value is -1.65. The molecule has 1 saturated heterocycles. The summed E-state index contributed by atoms with van der Waals surface area (Å²) >= 11 is 0. The van der Waals surface area contributed by atoms with Crippen LogP contribution in [-0.2, 0) is 0 Å². The summed E-state index contributed by atoms with van der Waals surface area (Å²) in [5.41, 5.74) is 1.39. The Morgan fingerprint density at radius 3 is 2.47 bits per heavy atom. The Labute approximate surface area is 101 Å². The molecule has 1 aromatic heterocycles. The van der Waals surface area contributed by atoms with Gasteiger partial charge in [-0.15, -0.1) is 0 Å². The van der Waals surface area contributed by atoms with Crippen molar-refractivity contribution in [3.63, 3.8) is 0 Å². The molecule has 0 aliphatic carbocycles. The highest BCUT2D eigenvalue weighted by atomic mass is 16.6. The molecule has 0 unspecified atom stereocenters. The summed E-state index contributed by atoms with van der Waals surface area (Å²) in [5.74, 6) is -0.0916. The van der Waals surface area contributed by atoms with E-state index in [4.69, 9.17) is 0 Å². The molecule has 0 bridgehead atoms. The smallest absolute Gasteiger partial charge is 0.363 e. The van der Waals surface area contributed by atoms with E-state index in [0.29, 0.717) is 5.41 Å². The van der Waals surface area contributed by atoms with Crippen molar-refractivity contribution in [1.29, 1.82) is 0 Å². The van der Waals surface area contributed by atoms with Gasteiger partial charge < -0.3 is 15.0 Å². The van der Waals surface area contributed by atoms with Gasteiger partial charge in [0.15, 0.2) is 6.20 Å². The lowest BCUT2D eigenvalue weighted by Crippen LogP contribution is -2.37. The van der Waals surface area contributed by atoms with Crippen LogP contribution >= 0.6 is 0 Å². The van der Waals surface area contributed by atoms with Gasteiger partial charge in [0.25, 0.3) is 0 Å². The van der Waals surface area contributed by atoms with Crippen LogP contribution in [-0.4, -0.2) is 23.0 Å². The first-order chi connectivity index (χ1) is 7.98. The van der Waals surface area contributed by atoms with Crippen LogP contribution in [0.4, 0.5) is 11.5 Å². The molecule has 0 spiro atoms. The number of piperidine rings is 1. The van der Waals surface area contributed by atoms with E-state index in [1.807, 2.05) is 0 Å². The lowest BCUT2D eigenvalue weighted by atomic mass is 9.82. The summed E-state index contributed by atoms with van der Waals surface area (Å²) in [5, 5.41) is 10.5. The molecule has 1 fully saturated rings. The SMILES string of the molecule is CC1(C)CCN(c2ccc([N+](=O)[O-])nc2)CC1. The number of aromatic nitrogens is 1. The third-order valence-electron chi connectivity index (χ3n) is 3.40. The van der Waals surface area contributed by atoms with E-state index >= 15 is 0 Å². The fourth-order valence-electron chi connectivity index (χ4n) is 2.04. The Bertz CT molecular complexity index is 404. The second kappa shape index (κ2) is 4.31. The minimum Gasteiger partial charge on any atom is -0.368 e. The second-order valence-corrected chi connectivity index (χ2v) is 5.28. The van der Waals surface area contributed by atoms with Crippen LogP contribution in [0.5, 0.6) is 0 Å². The molecule has 2 rings (SSSR count). The van der Waals surface area contributed by atoms with Crippen molar-refractivity contribution < 1.29 is 4.92 Å². The predicted octanol–water partition coefficient (Wildman–Crippen LogP) is 2.62. The van der Waals surface area contributed by atoms with Gasteiger partial charge in [0, 0.05) is 19.2 Å². The topological polar surface area (TPSA) is 59.3 Å². The zero-order valence-corrected chi connectivity index (χ0v) is 10.2. The lowest BCUT2D eigenvalue weighted by Gasteiger charge is -2.37. The number of hydrogen-bond donors (Lipinski definition) is 0. The van der Waals surface area contributed by atoms with Crippen molar-refractivity contribution in [3.8, 4) is 0 Å². The van der Waals surface area contributed by atoms with E-state index in [1.54, 1.807) is 12.3 Å². The molecule has 17 heavy (non-hydrogen) atoms. The summed E-state index contributed by atoms with van der Waals surface area (Å²) in [4.78, 5) is 16.1. The van der Waals surface area contributed by atoms with E-state index in [1.165, 1.54) is 6.07 Å². The Balaban J connectivity index is 2.06. The molecule has 1 aliphatic heterocycles. The van der Waals surface area contributed by atoms with E-state index in [0.717, 1.165) is 31.6 Å². The molecule has 5 heteroatoms. The molecule has 0 amide bonds. The molecule has 0 radical (unpaired) electrons. The zero-order valence-electron chi connectivity index (χ0n) is 10.2. The first-order valence-corrected chi connectivity index (χ1v) is 5.83. The fourth-order valence-corrected chi connectivity index (χ4v) is 2.04. The Morgan fingerprint density at radius 2 is 2.00 bits per heavy atom. The molecule has 5 nitrogen and oxygen atoms in total. The minimum atomic E-state index is -0.469. The Kier molecular flexibility index (Phi) is 3.00. The molecule has 2 heterocycles. The molecule has 0 N–H and O–H groups in total. The monoisotopic (exact) mass is 235 g/mol. The van der Waals surface area contributed by atoms with Gasteiger partial charge in [0.2, 0.25) is 0 Å². The number of pyridine rings is 1. The second-order valence-electron chi connectivity index (χ2n) is 5.28. The summed E-state index contributed by atoms with van der Waals surface area (Å²) in [7, 11) is 0. The van der Waals surface area contributed by atoms with Gasteiger partial charge in [0.1, 0.15) is 0 Å². The van der Waals surface area contributed by atoms with Crippen LogP contribution in [0.2, 0.25) is 0 Å². The van der Waals surface area contributed by atoms with Crippen molar-refractivity contribution in [1.82, 2.24) is 4.98 Å². The third-order valence-corrected chi connectivity index (χ3v) is 3.40. The van der Waals surface area contributed by atoms with Gasteiger partial charge in [-0.3, -0.25) is 0 Å². The molecule has 1 aromatic rings. The molecular weight excluding hydrogens is 218 g/mol. The summed E-state index contributed by atoms with van der Waals surface area (Å²) in [6.45, 7) is 6.54. The molecule has 92 valence electrons. The Morgan fingerprint density at radius 1 is 1.35 bits per heavy atom. The molecule has 0 aromatic carbocycles. The predicted molar refractivity (Wildman–Crippen MR) is 66.1 cm³/mol. The van der Waals surface area contributed by atoms with Gasteiger partial charge in [-0.1, -0.05) is 13.8 Å². The van der Waals surface area contributed by atoms with E-state index in [2.05, 4.69) is 23.7 Å². The van der Waals surface area contributed by atoms with Gasteiger partial charge in [0.05, 0.1) is 5.69 Å². The van der Waals surface area contributed by atoms with E-state index < -0.39 is 4.92 Å². The quantitative estimate of drug-likeness (QED) is 0.584. The number of nitro groups is 1. The van der Waals surface area contributed by atoms with Crippen LogP contribution in [0.1, 0.15) is 26.7 Å². The van der Waals surface area contributed by atoms with Crippen LogP contribution in [0.15, 0.2) is 18.3 Å². The van der Waals surface area contributed by atoms with Gasteiger partial charge >= 0.3 is 5.82 Å². The molecule has 0 saturated carbocycles. The molecule has 1 aliphatic rings. The van der Waals surface area contributed by atoms with Gasteiger partial charge in [-0.25, -0.2) is 0 Å². The van der Waals surface area contributed by atoms with Crippen LogP contribution < -0.4 is 4.90 Å². The highest BCUT2D eigenvalue weighted by Gasteiger charge is 2.26. The maximum absolute atomic E-state index is 10.5. The maximum Gasteiger partial charge on any atom is 0.363 e. The lowest BCUT2D eigenvalue weighted by molar-refractivity contribution is -0.389. The van der Waals surface area contributed by atoms with E-state index in [-0.39, 0.29) is 5.82 Å². The van der Waals surface area contributed by atoms with Gasteiger partial charge in [-0.2, -0.15) is 0 Å². The van der Waals surface area contributed by atoms with Crippen LogP contribution in [0, 0.1) is 15.5 Å². The number of nitrogens with zero attached hydrogens (tertiary/aromatic N) is 3. The van der Waals surface area contributed by atoms with Crippen molar-refractivity contribution in [2.45, 2.75) is 26.7 Å². The number of hydrogen-bond acceptors (Lipinski definition) is 4.